The Morgan fingerprint density at radius 1 is 1.38 bits per heavy atom. The van der Waals surface area contributed by atoms with Crippen molar-refractivity contribution in [1.82, 2.24) is 0 Å². The third-order valence-electron chi connectivity index (χ3n) is 4.07. The first kappa shape index (κ1) is 14.7. The zero-order valence-corrected chi connectivity index (χ0v) is 13.0. The zero-order valence-electron chi connectivity index (χ0n) is 13.0. The molecule has 116 valence electrons. The van der Waals surface area contributed by atoms with Gasteiger partial charge in [0, 0.05) is 25.0 Å². The minimum atomic E-state index is -0.421. The second-order valence-corrected chi connectivity index (χ2v) is 6.58. The number of aliphatic hydroxyl groups excluding tert-OH is 1. The van der Waals surface area contributed by atoms with Gasteiger partial charge in [-0.2, -0.15) is 0 Å². The highest BCUT2D eigenvalue weighted by Crippen LogP contribution is 2.43. The SMILES string of the molecule is CCCOC1C(O)CC1Oc1cccc2c1OC(C)(C)C2. The van der Waals surface area contributed by atoms with Gasteiger partial charge in [0.2, 0.25) is 0 Å². The lowest BCUT2D eigenvalue weighted by atomic mass is 9.88. The summed E-state index contributed by atoms with van der Waals surface area (Å²) in [6.07, 6.45) is 1.70. The first-order chi connectivity index (χ1) is 10.00. The van der Waals surface area contributed by atoms with Crippen molar-refractivity contribution < 1.29 is 19.3 Å². The van der Waals surface area contributed by atoms with Crippen molar-refractivity contribution in [3.63, 3.8) is 0 Å². The van der Waals surface area contributed by atoms with Gasteiger partial charge in [0.15, 0.2) is 11.5 Å². The Kier molecular flexibility index (Phi) is 3.84. The van der Waals surface area contributed by atoms with Gasteiger partial charge in [-0.3, -0.25) is 0 Å². The van der Waals surface area contributed by atoms with Crippen LogP contribution in [0.5, 0.6) is 11.5 Å². The lowest BCUT2D eigenvalue weighted by Gasteiger charge is -2.41. The molecule has 1 fully saturated rings. The molecule has 1 N–H and O–H groups in total. The number of rotatable bonds is 5. The van der Waals surface area contributed by atoms with Gasteiger partial charge in [-0.25, -0.2) is 0 Å². The molecule has 0 bridgehead atoms. The van der Waals surface area contributed by atoms with E-state index in [0.29, 0.717) is 13.0 Å². The van der Waals surface area contributed by atoms with Crippen LogP contribution in [0.25, 0.3) is 0 Å². The van der Waals surface area contributed by atoms with Crippen molar-refractivity contribution >= 4 is 0 Å². The van der Waals surface area contributed by atoms with Gasteiger partial charge >= 0.3 is 0 Å². The molecule has 3 unspecified atom stereocenters. The van der Waals surface area contributed by atoms with Gasteiger partial charge < -0.3 is 19.3 Å². The fourth-order valence-corrected chi connectivity index (χ4v) is 2.99. The van der Waals surface area contributed by atoms with Gasteiger partial charge in [-0.05, 0) is 26.3 Å². The highest BCUT2D eigenvalue weighted by atomic mass is 16.6. The summed E-state index contributed by atoms with van der Waals surface area (Å²) in [4.78, 5) is 0. The van der Waals surface area contributed by atoms with Crippen LogP contribution in [-0.4, -0.2) is 35.6 Å². The molecule has 4 heteroatoms. The number of ether oxygens (including phenoxy) is 3. The molecular formula is C17H24O4. The smallest absolute Gasteiger partial charge is 0.165 e. The third-order valence-corrected chi connectivity index (χ3v) is 4.07. The van der Waals surface area contributed by atoms with E-state index in [4.69, 9.17) is 14.2 Å². The molecule has 1 saturated carbocycles. The number of benzene rings is 1. The summed E-state index contributed by atoms with van der Waals surface area (Å²) >= 11 is 0. The van der Waals surface area contributed by atoms with Crippen LogP contribution in [-0.2, 0) is 11.2 Å². The summed E-state index contributed by atoms with van der Waals surface area (Å²) in [7, 11) is 0. The van der Waals surface area contributed by atoms with Gasteiger partial charge in [-0.1, -0.05) is 19.1 Å². The highest BCUT2D eigenvalue weighted by molar-refractivity contribution is 5.50. The van der Waals surface area contributed by atoms with E-state index in [2.05, 4.69) is 26.8 Å². The van der Waals surface area contributed by atoms with Crippen molar-refractivity contribution in [3.05, 3.63) is 23.8 Å². The lowest BCUT2D eigenvalue weighted by molar-refractivity contribution is -0.163. The maximum absolute atomic E-state index is 9.82. The van der Waals surface area contributed by atoms with Gasteiger partial charge in [-0.15, -0.1) is 0 Å². The van der Waals surface area contributed by atoms with Crippen LogP contribution in [0.15, 0.2) is 18.2 Å². The molecule has 0 aromatic heterocycles. The molecule has 1 aromatic rings. The molecule has 1 heterocycles. The summed E-state index contributed by atoms with van der Waals surface area (Å²) in [5.41, 5.74) is 1.00. The molecule has 1 aromatic carbocycles. The molecule has 0 spiro atoms. The first-order valence-corrected chi connectivity index (χ1v) is 7.77. The molecule has 1 aliphatic heterocycles. The topological polar surface area (TPSA) is 47.9 Å². The van der Waals surface area contributed by atoms with Crippen molar-refractivity contribution in [2.24, 2.45) is 0 Å². The monoisotopic (exact) mass is 292 g/mol. The van der Waals surface area contributed by atoms with Gasteiger partial charge in [0.05, 0.1) is 6.10 Å². The van der Waals surface area contributed by atoms with E-state index >= 15 is 0 Å². The quantitative estimate of drug-likeness (QED) is 0.906. The van der Waals surface area contributed by atoms with Crippen molar-refractivity contribution in [2.45, 2.75) is 63.9 Å². The Bertz CT molecular complexity index is 512. The van der Waals surface area contributed by atoms with Crippen LogP contribution in [0.1, 0.15) is 39.2 Å². The molecular weight excluding hydrogens is 268 g/mol. The third kappa shape index (κ3) is 2.87. The summed E-state index contributed by atoms with van der Waals surface area (Å²) < 4.78 is 17.7. The largest absolute Gasteiger partial charge is 0.484 e. The minimum absolute atomic E-state index is 0.0923. The standard InChI is InChI=1S/C17H24O4/c1-4-8-19-16-12(18)9-14(16)20-13-7-5-6-11-10-17(2,3)21-15(11)13/h5-7,12,14,16,18H,4,8-10H2,1-3H3. The Balaban J connectivity index is 1.71. The predicted molar refractivity (Wildman–Crippen MR) is 79.9 cm³/mol. The fourth-order valence-electron chi connectivity index (χ4n) is 2.99. The number of aliphatic hydroxyl groups is 1. The summed E-state index contributed by atoms with van der Waals surface area (Å²) in [5.74, 6) is 1.61. The summed E-state index contributed by atoms with van der Waals surface area (Å²) in [6.45, 7) is 6.87. The number of hydrogen-bond donors (Lipinski definition) is 1. The van der Waals surface area contributed by atoms with E-state index in [-0.39, 0.29) is 17.8 Å². The van der Waals surface area contributed by atoms with E-state index in [0.717, 1.165) is 24.3 Å². The first-order valence-electron chi connectivity index (χ1n) is 7.77. The predicted octanol–water partition coefficient (Wildman–Crippen LogP) is 2.71. The van der Waals surface area contributed by atoms with E-state index in [1.807, 2.05) is 12.1 Å². The molecule has 0 amide bonds. The Hall–Kier alpha value is -1.26. The Morgan fingerprint density at radius 3 is 2.90 bits per heavy atom. The lowest BCUT2D eigenvalue weighted by Crippen LogP contribution is -2.55. The average Bonchev–Trinajstić information content (AvgIpc) is 2.73. The average molecular weight is 292 g/mol. The normalized spacial score (nSPS) is 29.4. The zero-order chi connectivity index (χ0) is 15.0. The van der Waals surface area contributed by atoms with E-state index in [1.54, 1.807) is 0 Å². The van der Waals surface area contributed by atoms with E-state index in [1.165, 1.54) is 5.56 Å². The maximum Gasteiger partial charge on any atom is 0.165 e. The van der Waals surface area contributed by atoms with Gasteiger partial charge in [0.1, 0.15) is 17.8 Å². The second-order valence-electron chi connectivity index (χ2n) is 6.58. The number of fused-ring (bicyclic) bond motifs is 1. The highest BCUT2D eigenvalue weighted by Gasteiger charge is 2.43. The van der Waals surface area contributed by atoms with Crippen molar-refractivity contribution in [3.8, 4) is 11.5 Å². The Labute approximate surface area is 126 Å². The van der Waals surface area contributed by atoms with Crippen molar-refractivity contribution in [1.29, 1.82) is 0 Å². The number of para-hydroxylation sites is 1. The molecule has 3 rings (SSSR count). The minimum Gasteiger partial charge on any atom is -0.484 e. The van der Waals surface area contributed by atoms with Gasteiger partial charge in [0.25, 0.3) is 0 Å². The van der Waals surface area contributed by atoms with Crippen LogP contribution in [0.2, 0.25) is 0 Å². The van der Waals surface area contributed by atoms with E-state index in [9.17, 15) is 5.11 Å². The van der Waals surface area contributed by atoms with E-state index < -0.39 is 6.10 Å². The number of hydrogen-bond acceptors (Lipinski definition) is 4. The molecule has 2 aliphatic rings. The molecule has 4 nitrogen and oxygen atoms in total. The van der Waals surface area contributed by atoms with Crippen LogP contribution >= 0.6 is 0 Å². The fraction of sp³-hybridized carbons (Fsp3) is 0.647. The molecule has 3 atom stereocenters. The van der Waals surface area contributed by atoms with Crippen LogP contribution < -0.4 is 9.47 Å². The van der Waals surface area contributed by atoms with Crippen LogP contribution in [0.3, 0.4) is 0 Å². The van der Waals surface area contributed by atoms with Crippen LogP contribution in [0, 0.1) is 0 Å². The Morgan fingerprint density at radius 2 is 2.19 bits per heavy atom. The van der Waals surface area contributed by atoms with Crippen molar-refractivity contribution in [2.75, 3.05) is 6.61 Å². The summed E-state index contributed by atoms with van der Waals surface area (Å²) in [6, 6.07) is 6.01. The molecule has 1 aliphatic carbocycles. The molecule has 0 radical (unpaired) electrons. The second kappa shape index (κ2) is 5.50. The summed E-state index contributed by atoms with van der Waals surface area (Å²) in [5, 5.41) is 9.82. The van der Waals surface area contributed by atoms with Crippen LogP contribution in [0.4, 0.5) is 0 Å². The molecule has 21 heavy (non-hydrogen) atoms. The molecule has 0 saturated heterocycles. The maximum atomic E-state index is 9.82.